The van der Waals surface area contributed by atoms with E-state index in [0.717, 1.165) is 22.7 Å². The van der Waals surface area contributed by atoms with E-state index in [0.29, 0.717) is 18.8 Å². The van der Waals surface area contributed by atoms with Crippen molar-refractivity contribution in [3.8, 4) is 5.75 Å². The predicted octanol–water partition coefficient (Wildman–Crippen LogP) is 3.91. The average molecular weight is 529 g/mol. The first-order valence-electron chi connectivity index (χ1n) is 11.0. The molecule has 1 aromatic carbocycles. The van der Waals surface area contributed by atoms with Crippen molar-refractivity contribution in [2.24, 2.45) is 13.0 Å². The van der Waals surface area contributed by atoms with E-state index in [1.165, 1.54) is 18.5 Å². The number of hydrogen-bond acceptors (Lipinski definition) is 8. The van der Waals surface area contributed by atoms with Crippen LogP contribution in [0.2, 0.25) is 0 Å². The van der Waals surface area contributed by atoms with Gasteiger partial charge in [-0.2, -0.15) is 22.6 Å². The second-order valence-corrected chi connectivity index (χ2v) is 11.1. The third kappa shape index (κ3) is 4.86. The molecule has 188 valence electrons. The smallest absolute Gasteiger partial charge is 0.391 e. The maximum absolute atomic E-state index is 13.6. The number of aryl methyl sites for hydroxylation is 1. The van der Waals surface area contributed by atoms with Gasteiger partial charge in [-0.1, -0.05) is 6.07 Å². The van der Waals surface area contributed by atoms with Crippen LogP contribution in [0.1, 0.15) is 42.5 Å². The molecule has 5 rings (SSSR count). The minimum Gasteiger partial charge on any atom is -0.493 e. The molecule has 9 nitrogen and oxygen atoms in total. The number of hydrogen-bond donors (Lipinski definition) is 1. The molecule has 0 saturated carbocycles. The Balaban J connectivity index is 1.45. The number of benzene rings is 1. The summed E-state index contributed by atoms with van der Waals surface area (Å²) in [5, 5.41) is 4.32. The van der Waals surface area contributed by atoms with Gasteiger partial charge in [0.2, 0.25) is 5.13 Å². The number of piperidine rings is 1. The topological polar surface area (TPSA) is 102 Å². The molecule has 14 heteroatoms. The fraction of sp³-hybridized carbons (Fsp3) is 0.476. The van der Waals surface area contributed by atoms with Crippen LogP contribution in [0.4, 0.5) is 18.3 Å². The van der Waals surface area contributed by atoms with Crippen molar-refractivity contribution in [2.45, 2.75) is 42.4 Å². The number of alkyl halides is 3. The maximum atomic E-state index is 13.6. The number of sulfonamides is 1. The van der Waals surface area contributed by atoms with Crippen LogP contribution in [0.3, 0.4) is 0 Å². The molecule has 2 aromatic heterocycles. The van der Waals surface area contributed by atoms with Gasteiger partial charge in [-0.15, -0.1) is 0 Å². The van der Waals surface area contributed by atoms with Crippen molar-refractivity contribution in [1.29, 1.82) is 0 Å². The van der Waals surface area contributed by atoms with Gasteiger partial charge >= 0.3 is 6.18 Å². The van der Waals surface area contributed by atoms with Crippen molar-refractivity contribution in [3.63, 3.8) is 0 Å². The number of anilines is 1. The zero-order valence-electron chi connectivity index (χ0n) is 18.6. The van der Waals surface area contributed by atoms with Crippen LogP contribution >= 0.6 is 11.5 Å². The maximum Gasteiger partial charge on any atom is 0.391 e. The Hall–Kier alpha value is -2.71. The van der Waals surface area contributed by atoms with Crippen LogP contribution in [0.15, 0.2) is 41.8 Å². The molecule has 3 atom stereocenters. The first kappa shape index (κ1) is 24.0. The van der Waals surface area contributed by atoms with Crippen LogP contribution in [-0.2, 0) is 17.1 Å². The van der Waals surface area contributed by atoms with Gasteiger partial charge in [-0.25, -0.2) is 13.4 Å². The molecule has 3 aromatic rings. The van der Waals surface area contributed by atoms with Crippen molar-refractivity contribution in [3.05, 3.63) is 48.0 Å². The lowest BCUT2D eigenvalue weighted by Gasteiger charge is -2.45. The molecule has 1 N–H and O–H groups in total. The average Bonchev–Trinajstić information content (AvgIpc) is 3.48. The number of likely N-dealkylation sites (tertiary alicyclic amines) is 1. The Morgan fingerprint density at radius 3 is 2.74 bits per heavy atom. The largest absolute Gasteiger partial charge is 0.493 e. The zero-order chi connectivity index (χ0) is 24.8. The molecule has 2 aliphatic rings. The van der Waals surface area contributed by atoms with Gasteiger partial charge in [0, 0.05) is 60.5 Å². The highest BCUT2D eigenvalue weighted by Crippen LogP contribution is 2.48. The van der Waals surface area contributed by atoms with E-state index in [9.17, 15) is 21.6 Å². The number of halogens is 3. The Morgan fingerprint density at radius 1 is 1.23 bits per heavy atom. The summed E-state index contributed by atoms with van der Waals surface area (Å²) in [4.78, 5) is 5.93. The number of aromatic nitrogens is 4. The Labute approximate surface area is 204 Å². The monoisotopic (exact) mass is 528 g/mol. The molecule has 0 radical (unpaired) electrons. The lowest BCUT2D eigenvalue weighted by molar-refractivity contribution is -0.192. The lowest BCUT2D eigenvalue weighted by atomic mass is 9.84. The standard InChI is InChI=1S/C21H23F3N6O3S2/c1-29-11-13(10-26-29)18-8-14(21(22,23)24)4-6-30(18)17-5-7-33-19-9-15(2-3-16(17)19)35(31,32)28-20-25-12-27-34-20/h2-3,9-12,14,17-18H,4-8H2,1H3,(H,25,27,28)/t14-,17?,18+/m1/s1. The number of nitrogens with zero attached hydrogens (tertiary/aromatic N) is 5. The third-order valence-electron chi connectivity index (χ3n) is 6.50. The highest BCUT2D eigenvalue weighted by molar-refractivity contribution is 7.93. The fourth-order valence-corrected chi connectivity index (χ4v) is 6.52. The zero-order valence-corrected chi connectivity index (χ0v) is 20.3. The molecule has 0 amide bonds. The molecule has 1 saturated heterocycles. The Morgan fingerprint density at radius 2 is 2.06 bits per heavy atom. The van der Waals surface area contributed by atoms with Crippen LogP contribution in [0.25, 0.3) is 0 Å². The number of fused-ring (bicyclic) bond motifs is 1. The minimum atomic E-state index is -4.26. The lowest BCUT2D eigenvalue weighted by Crippen LogP contribution is -2.44. The highest BCUT2D eigenvalue weighted by Gasteiger charge is 2.47. The van der Waals surface area contributed by atoms with E-state index < -0.39 is 28.2 Å². The molecular weight excluding hydrogens is 505 g/mol. The molecule has 0 spiro atoms. The van der Waals surface area contributed by atoms with E-state index in [-0.39, 0.29) is 35.5 Å². The number of nitrogens with one attached hydrogen (secondary N) is 1. The van der Waals surface area contributed by atoms with E-state index in [4.69, 9.17) is 4.74 Å². The molecule has 1 unspecified atom stereocenters. The van der Waals surface area contributed by atoms with Gasteiger partial charge in [0.1, 0.15) is 12.1 Å². The first-order chi connectivity index (χ1) is 16.6. The number of ether oxygens (including phenoxy) is 1. The summed E-state index contributed by atoms with van der Waals surface area (Å²) >= 11 is 0.918. The van der Waals surface area contributed by atoms with E-state index in [1.807, 2.05) is 0 Å². The first-order valence-corrected chi connectivity index (χ1v) is 13.2. The molecule has 2 aliphatic heterocycles. The van der Waals surface area contributed by atoms with Gasteiger partial charge < -0.3 is 4.74 Å². The third-order valence-corrected chi connectivity index (χ3v) is 8.55. The Kier molecular flexibility index (Phi) is 6.21. The fourth-order valence-electron chi connectivity index (χ4n) is 4.85. The predicted molar refractivity (Wildman–Crippen MR) is 121 cm³/mol. The summed E-state index contributed by atoms with van der Waals surface area (Å²) in [5.74, 6) is -0.980. The Bertz CT molecular complexity index is 1300. The SMILES string of the molecule is Cn1cc([C@@H]2C[C@H](C(F)(F)F)CCN2C2CCOc3cc(S(=O)(=O)Nc4ncns4)ccc32)cn1. The molecule has 4 heterocycles. The molecule has 0 aliphatic carbocycles. The summed E-state index contributed by atoms with van der Waals surface area (Å²) in [6.45, 7) is 0.580. The van der Waals surface area contributed by atoms with Crippen molar-refractivity contribution < 1.29 is 26.3 Å². The summed E-state index contributed by atoms with van der Waals surface area (Å²) in [7, 11) is -2.17. The second-order valence-electron chi connectivity index (χ2n) is 8.67. The van der Waals surface area contributed by atoms with Crippen LogP contribution in [0.5, 0.6) is 5.75 Å². The van der Waals surface area contributed by atoms with Gasteiger partial charge in [-0.3, -0.25) is 14.3 Å². The van der Waals surface area contributed by atoms with Crippen molar-refractivity contribution >= 4 is 26.7 Å². The minimum absolute atomic E-state index is 0.00514. The molecule has 1 fully saturated rings. The van der Waals surface area contributed by atoms with E-state index in [1.54, 1.807) is 30.2 Å². The summed E-state index contributed by atoms with van der Waals surface area (Å²) < 4.78 is 79.9. The molecule has 0 bridgehead atoms. The molecular formula is C21H23F3N6O3S2. The van der Waals surface area contributed by atoms with Crippen LogP contribution in [-0.4, -0.2) is 51.8 Å². The van der Waals surface area contributed by atoms with Crippen molar-refractivity contribution in [2.75, 3.05) is 17.9 Å². The van der Waals surface area contributed by atoms with E-state index >= 15 is 0 Å². The van der Waals surface area contributed by atoms with E-state index in [2.05, 4.69) is 24.1 Å². The van der Waals surface area contributed by atoms with Crippen LogP contribution in [0, 0.1) is 5.92 Å². The normalized spacial score (nSPS) is 23.5. The van der Waals surface area contributed by atoms with Gasteiger partial charge in [-0.05, 0) is 25.5 Å². The second kappa shape index (κ2) is 9.06. The summed E-state index contributed by atoms with van der Waals surface area (Å²) in [6, 6.07) is 3.93. The molecule has 35 heavy (non-hydrogen) atoms. The highest BCUT2D eigenvalue weighted by atomic mass is 32.2. The summed E-state index contributed by atoms with van der Waals surface area (Å²) in [6.07, 6.45) is 0.894. The van der Waals surface area contributed by atoms with Gasteiger partial charge in [0.25, 0.3) is 10.0 Å². The quantitative estimate of drug-likeness (QED) is 0.536. The van der Waals surface area contributed by atoms with Crippen molar-refractivity contribution in [1.82, 2.24) is 24.0 Å². The summed E-state index contributed by atoms with van der Waals surface area (Å²) in [5.41, 5.74) is 1.49. The van der Waals surface area contributed by atoms with Gasteiger partial charge in [0.05, 0.1) is 23.6 Å². The number of rotatable bonds is 5. The van der Waals surface area contributed by atoms with Gasteiger partial charge in [0.15, 0.2) is 0 Å². The van der Waals surface area contributed by atoms with Crippen LogP contribution < -0.4 is 9.46 Å².